The molecule has 1 N–H and O–H groups in total. The Labute approximate surface area is 308 Å². The molecular weight excluding hydrogens is 652 g/mol. The second kappa shape index (κ2) is 17.5. The lowest BCUT2D eigenvalue weighted by Gasteiger charge is -2.48. The summed E-state index contributed by atoms with van der Waals surface area (Å²) >= 11 is 0. The number of esters is 1. The average molecular weight is 723 g/mol. The predicted molar refractivity (Wildman–Crippen MR) is 198 cm³/mol. The Morgan fingerprint density at radius 1 is 1.14 bits per heavy atom. The summed E-state index contributed by atoms with van der Waals surface area (Å²) in [7, 11) is 9.52. The Bertz CT molecular complexity index is 1210. The van der Waals surface area contributed by atoms with Crippen LogP contribution in [0.5, 0.6) is 0 Å². The van der Waals surface area contributed by atoms with E-state index in [-0.39, 0.29) is 48.0 Å². The normalized spacial score (nSPS) is 37.0. The fourth-order valence-corrected chi connectivity index (χ4v) is 8.50. The molecule has 12 heteroatoms. The van der Waals surface area contributed by atoms with Gasteiger partial charge in [0.25, 0.3) is 0 Å². The monoisotopic (exact) mass is 723 g/mol. The van der Waals surface area contributed by atoms with Crippen LogP contribution in [0.4, 0.5) is 0 Å². The minimum absolute atomic E-state index is 0.0675. The third kappa shape index (κ3) is 10.2. The summed E-state index contributed by atoms with van der Waals surface area (Å²) in [5, 5.41) is 11.4. The molecule has 0 bridgehead atoms. The van der Waals surface area contributed by atoms with Crippen molar-refractivity contribution in [1.82, 2.24) is 19.6 Å². The van der Waals surface area contributed by atoms with Gasteiger partial charge in [-0.05, 0) is 79.7 Å². The molecule has 294 valence electrons. The number of amides is 1. The number of rotatable bonds is 11. The van der Waals surface area contributed by atoms with E-state index in [9.17, 15) is 19.5 Å². The smallest absolute Gasteiger partial charge is 0.323 e. The molecule has 0 aliphatic carbocycles. The molecule has 0 radical (unpaired) electrons. The van der Waals surface area contributed by atoms with E-state index in [0.717, 1.165) is 13.1 Å². The molecule has 3 saturated heterocycles. The molecular formula is C39H70N4O8. The van der Waals surface area contributed by atoms with Crippen molar-refractivity contribution in [2.75, 3.05) is 74.6 Å². The topological polar surface area (TPSA) is 121 Å². The van der Waals surface area contributed by atoms with Gasteiger partial charge in [-0.25, -0.2) is 0 Å². The van der Waals surface area contributed by atoms with Crippen LogP contribution in [0.3, 0.4) is 0 Å². The predicted octanol–water partition coefficient (Wildman–Crippen LogP) is 3.31. The van der Waals surface area contributed by atoms with E-state index in [1.807, 2.05) is 44.8 Å². The van der Waals surface area contributed by atoms with E-state index in [2.05, 4.69) is 51.1 Å². The molecule has 0 aromatic carbocycles. The standard InChI is InChI=1S/C39H70N4O8/c1-15-38(8)33(46)27(5)34(51-35-32(45)29(40(10)11)17-26(4)50-35)39(9,48-14)18-25(3)20-42(13)30(23-49-36(38)47)28-21-43(22-28)31(44)19-37(6,7)24-41(12)16-2/h15,25-30,32,34-35,45H,1,16-24H2,2-14H3/t25-,26-,27+,29+,30+,32-,34-,35+,38+,39-/m1/s1. The lowest BCUT2D eigenvalue weighted by Crippen LogP contribution is -2.60. The summed E-state index contributed by atoms with van der Waals surface area (Å²) in [6, 6.07) is -0.378. The third-order valence-corrected chi connectivity index (χ3v) is 11.8. The van der Waals surface area contributed by atoms with Gasteiger partial charge in [0.1, 0.15) is 18.1 Å². The minimum Gasteiger partial charge on any atom is -0.463 e. The number of carbonyl (C=O) groups is 3. The van der Waals surface area contributed by atoms with Crippen molar-refractivity contribution in [1.29, 1.82) is 0 Å². The molecule has 0 aromatic heterocycles. The zero-order valence-electron chi connectivity index (χ0n) is 33.9. The molecule has 10 atom stereocenters. The second-order valence-electron chi connectivity index (χ2n) is 17.4. The first-order valence-corrected chi connectivity index (χ1v) is 18.8. The lowest BCUT2D eigenvalue weighted by molar-refractivity contribution is -0.295. The maximum absolute atomic E-state index is 14.5. The molecule has 0 spiro atoms. The van der Waals surface area contributed by atoms with Gasteiger partial charge in [-0.3, -0.25) is 19.3 Å². The van der Waals surface area contributed by atoms with E-state index >= 15 is 0 Å². The van der Waals surface area contributed by atoms with Crippen molar-refractivity contribution in [2.45, 2.75) is 117 Å². The highest BCUT2D eigenvalue weighted by Gasteiger charge is 2.52. The largest absolute Gasteiger partial charge is 0.463 e. The highest BCUT2D eigenvalue weighted by Crippen LogP contribution is 2.39. The highest BCUT2D eigenvalue weighted by molar-refractivity contribution is 6.06. The van der Waals surface area contributed by atoms with Gasteiger partial charge in [-0.15, -0.1) is 6.58 Å². The van der Waals surface area contributed by atoms with Crippen LogP contribution < -0.4 is 0 Å². The van der Waals surface area contributed by atoms with Gasteiger partial charge >= 0.3 is 5.97 Å². The number of ether oxygens (including phenoxy) is 4. The van der Waals surface area contributed by atoms with Gasteiger partial charge in [0.2, 0.25) is 5.91 Å². The average Bonchev–Trinajstić information content (AvgIpc) is 3.03. The number of carbonyl (C=O) groups excluding carboxylic acids is 3. The maximum Gasteiger partial charge on any atom is 0.323 e. The first-order chi connectivity index (χ1) is 23.6. The van der Waals surface area contributed by atoms with Crippen LogP contribution in [-0.4, -0.2) is 159 Å². The summed E-state index contributed by atoms with van der Waals surface area (Å²) in [5.41, 5.74) is -2.81. The van der Waals surface area contributed by atoms with E-state index in [0.29, 0.717) is 38.9 Å². The Morgan fingerprint density at radius 2 is 1.76 bits per heavy atom. The van der Waals surface area contributed by atoms with Crippen LogP contribution in [0.25, 0.3) is 0 Å². The SMILES string of the molecule is C=C[C@]1(C)C(=O)OC[C@@H](C2CN(C(=O)CC(C)(C)CN(C)CC)C2)N(C)C[C@H](C)C[C@@](C)(OC)[C@H](O[C@@H]2O[C@H](C)C[C@H](N(C)C)[C@H]2O)[C@@H](C)C1=O. The van der Waals surface area contributed by atoms with Crippen LogP contribution in [0.1, 0.15) is 74.7 Å². The van der Waals surface area contributed by atoms with Crippen molar-refractivity contribution in [2.24, 2.45) is 28.6 Å². The zero-order valence-corrected chi connectivity index (χ0v) is 33.9. The van der Waals surface area contributed by atoms with E-state index in [1.165, 1.54) is 6.08 Å². The molecule has 3 aliphatic heterocycles. The van der Waals surface area contributed by atoms with E-state index < -0.39 is 47.2 Å². The van der Waals surface area contributed by atoms with Crippen molar-refractivity contribution < 1.29 is 38.4 Å². The van der Waals surface area contributed by atoms with Crippen LogP contribution in [0.15, 0.2) is 12.7 Å². The van der Waals surface area contributed by atoms with Crippen LogP contribution in [0.2, 0.25) is 0 Å². The fourth-order valence-electron chi connectivity index (χ4n) is 8.50. The number of hydrogen-bond donors (Lipinski definition) is 1. The van der Waals surface area contributed by atoms with Crippen LogP contribution in [-0.2, 0) is 33.3 Å². The molecule has 12 nitrogen and oxygen atoms in total. The van der Waals surface area contributed by atoms with Gasteiger partial charge in [0.05, 0.1) is 17.8 Å². The summed E-state index contributed by atoms with van der Waals surface area (Å²) in [6.45, 7) is 23.2. The Balaban J connectivity index is 1.90. The fraction of sp³-hybridized carbons (Fsp3) is 0.872. The van der Waals surface area contributed by atoms with Gasteiger partial charge in [0.15, 0.2) is 12.1 Å². The summed E-state index contributed by atoms with van der Waals surface area (Å²) < 4.78 is 25.1. The van der Waals surface area contributed by atoms with Crippen LogP contribution in [0, 0.1) is 28.6 Å². The van der Waals surface area contributed by atoms with Crippen molar-refractivity contribution in [3.05, 3.63) is 12.7 Å². The molecule has 3 fully saturated rings. The molecule has 3 heterocycles. The second-order valence-corrected chi connectivity index (χ2v) is 17.4. The number of methoxy groups -OCH3 is 1. The van der Waals surface area contributed by atoms with Crippen molar-refractivity contribution >= 4 is 17.7 Å². The molecule has 0 saturated carbocycles. The van der Waals surface area contributed by atoms with Crippen molar-refractivity contribution in [3.63, 3.8) is 0 Å². The Kier molecular flexibility index (Phi) is 14.9. The highest BCUT2D eigenvalue weighted by atomic mass is 16.7. The summed E-state index contributed by atoms with van der Waals surface area (Å²) in [4.78, 5) is 50.0. The number of aliphatic hydroxyl groups is 1. The number of likely N-dealkylation sites (tertiary alicyclic amines) is 1. The third-order valence-electron chi connectivity index (χ3n) is 11.8. The first kappa shape index (κ1) is 43.5. The minimum atomic E-state index is -1.66. The number of nitrogens with zero attached hydrogens (tertiary/aromatic N) is 4. The summed E-state index contributed by atoms with van der Waals surface area (Å²) in [5.74, 6) is -1.65. The molecule has 51 heavy (non-hydrogen) atoms. The van der Waals surface area contributed by atoms with Gasteiger partial charge < -0.3 is 38.8 Å². The van der Waals surface area contributed by atoms with Gasteiger partial charge in [-0.2, -0.15) is 0 Å². The molecule has 0 aromatic rings. The number of aliphatic hydroxyl groups excluding tert-OH is 1. The summed E-state index contributed by atoms with van der Waals surface area (Å²) in [6.07, 6.45) is -0.0913. The number of ketones is 1. The Morgan fingerprint density at radius 3 is 2.31 bits per heavy atom. The number of cyclic esters (lactones) is 1. The zero-order chi connectivity index (χ0) is 38.6. The van der Waals surface area contributed by atoms with E-state index in [1.54, 1.807) is 21.0 Å². The van der Waals surface area contributed by atoms with Gasteiger partial charge in [-0.1, -0.05) is 40.7 Å². The molecule has 1 amide bonds. The number of likely N-dealkylation sites (N-methyl/N-ethyl adjacent to an activating group) is 2. The molecule has 3 rings (SSSR count). The molecule has 3 aliphatic rings. The lowest BCUT2D eigenvalue weighted by atomic mass is 9.73. The Hall–Kier alpha value is -1.93. The van der Waals surface area contributed by atoms with Gasteiger partial charge in [0, 0.05) is 63.6 Å². The number of hydrogen-bond acceptors (Lipinski definition) is 11. The number of Topliss-reactive ketones (excluding diaryl/α,β-unsaturated/α-hetero) is 1. The van der Waals surface area contributed by atoms with Crippen molar-refractivity contribution in [3.8, 4) is 0 Å². The van der Waals surface area contributed by atoms with Crippen LogP contribution >= 0.6 is 0 Å². The molecule has 0 unspecified atom stereocenters. The van der Waals surface area contributed by atoms with E-state index in [4.69, 9.17) is 18.9 Å². The maximum atomic E-state index is 14.5. The quantitative estimate of drug-likeness (QED) is 0.192. The first-order valence-electron chi connectivity index (χ1n) is 18.8.